The second kappa shape index (κ2) is 8.47. The number of rotatable bonds is 7. The van der Waals surface area contributed by atoms with Crippen molar-refractivity contribution in [1.29, 1.82) is 0 Å². The van der Waals surface area contributed by atoms with Crippen LogP contribution < -0.4 is 5.32 Å². The highest BCUT2D eigenvalue weighted by Gasteiger charge is 2.19. The van der Waals surface area contributed by atoms with Crippen molar-refractivity contribution in [3.63, 3.8) is 0 Å². The summed E-state index contributed by atoms with van der Waals surface area (Å²) in [7, 11) is -3.41. The molecule has 0 spiro atoms. The molecule has 140 valence electrons. The van der Waals surface area contributed by atoms with Gasteiger partial charge in [0, 0.05) is 25.2 Å². The molecule has 0 fully saturated rings. The Morgan fingerprint density at radius 3 is 2.23 bits per heavy atom. The molecule has 0 atom stereocenters. The van der Waals surface area contributed by atoms with Gasteiger partial charge in [-0.15, -0.1) is 0 Å². The van der Waals surface area contributed by atoms with Crippen LogP contribution in [0.25, 0.3) is 0 Å². The molecule has 0 aliphatic carbocycles. The first-order valence-electron chi connectivity index (χ1n) is 8.53. The fraction of sp³-hybridized carbons (Fsp3) is 0.350. The van der Waals surface area contributed by atoms with Crippen molar-refractivity contribution in [2.24, 2.45) is 0 Å². The number of hydrogen-bond acceptors (Lipinski definition) is 3. The third-order valence-corrected chi connectivity index (χ3v) is 5.49. The Balaban J connectivity index is 2.04. The minimum Gasteiger partial charge on any atom is -0.326 e. The molecule has 0 aromatic heterocycles. The van der Waals surface area contributed by atoms with E-state index >= 15 is 0 Å². The standard InChI is InChI=1S/C20H26N2O3S/c1-15-7-5-10-18(13-15)14-22(26(4,24)25)12-11-19(23)21-20-16(2)8-6-9-17(20)3/h5-10,13H,11-12,14H2,1-4H3,(H,21,23). The van der Waals surface area contributed by atoms with Crippen molar-refractivity contribution >= 4 is 21.6 Å². The van der Waals surface area contributed by atoms with Crippen LogP contribution in [0, 0.1) is 20.8 Å². The highest BCUT2D eigenvalue weighted by molar-refractivity contribution is 7.88. The van der Waals surface area contributed by atoms with Crippen molar-refractivity contribution in [1.82, 2.24) is 4.31 Å². The zero-order chi connectivity index (χ0) is 19.3. The highest BCUT2D eigenvalue weighted by atomic mass is 32.2. The highest BCUT2D eigenvalue weighted by Crippen LogP contribution is 2.19. The first kappa shape index (κ1) is 20.1. The monoisotopic (exact) mass is 374 g/mol. The lowest BCUT2D eigenvalue weighted by Gasteiger charge is -2.20. The van der Waals surface area contributed by atoms with Crippen molar-refractivity contribution in [3.8, 4) is 0 Å². The number of benzene rings is 2. The van der Waals surface area contributed by atoms with E-state index in [1.807, 2.05) is 63.2 Å². The molecule has 1 N–H and O–H groups in total. The Bertz CT molecular complexity index is 871. The van der Waals surface area contributed by atoms with Crippen molar-refractivity contribution in [2.45, 2.75) is 33.7 Å². The van der Waals surface area contributed by atoms with E-state index in [0.717, 1.165) is 27.9 Å². The SMILES string of the molecule is Cc1cccc(CN(CCC(=O)Nc2c(C)cccc2C)S(C)(=O)=O)c1. The molecule has 0 saturated heterocycles. The molecule has 2 aromatic carbocycles. The Kier molecular flexibility index (Phi) is 6.56. The van der Waals surface area contributed by atoms with Gasteiger partial charge in [-0.05, 0) is 37.5 Å². The summed E-state index contributed by atoms with van der Waals surface area (Å²) in [6, 6.07) is 13.5. The van der Waals surface area contributed by atoms with Gasteiger partial charge in [0.05, 0.1) is 6.26 Å². The van der Waals surface area contributed by atoms with Gasteiger partial charge in [0.15, 0.2) is 0 Å². The Morgan fingerprint density at radius 2 is 1.65 bits per heavy atom. The molecule has 1 amide bonds. The summed E-state index contributed by atoms with van der Waals surface area (Å²) >= 11 is 0. The molecule has 2 rings (SSSR count). The zero-order valence-corrected chi connectivity index (χ0v) is 16.6. The van der Waals surface area contributed by atoms with E-state index in [9.17, 15) is 13.2 Å². The van der Waals surface area contributed by atoms with E-state index < -0.39 is 10.0 Å². The minimum atomic E-state index is -3.41. The van der Waals surface area contributed by atoms with Gasteiger partial charge in [-0.2, -0.15) is 4.31 Å². The van der Waals surface area contributed by atoms with Crippen molar-refractivity contribution in [2.75, 3.05) is 18.1 Å². The number of nitrogens with one attached hydrogen (secondary N) is 1. The summed E-state index contributed by atoms with van der Waals surface area (Å²) in [4.78, 5) is 12.3. The molecule has 0 saturated carbocycles. The third kappa shape index (κ3) is 5.68. The van der Waals surface area contributed by atoms with Gasteiger partial charge >= 0.3 is 0 Å². The molecule has 0 aliphatic rings. The molecule has 0 bridgehead atoms. The topological polar surface area (TPSA) is 66.5 Å². The summed E-state index contributed by atoms with van der Waals surface area (Å²) in [5.41, 5.74) is 4.74. The number of carbonyl (C=O) groups excluding carboxylic acids is 1. The van der Waals surface area contributed by atoms with E-state index in [4.69, 9.17) is 0 Å². The van der Waals surface area contributed by atoms with Crippen molar-refractivity contribution in [3.05, 3.63) is 64.7 Å². The first-order chi connectivity index (χ1) is 12.2. The van der Waals surface area contributed by atoms with Crippen LogP contribution in [0.3, 0.4) is 0 Å². The average molecular weight is 375 g/mol. The fourth-order valence-corrected chi connectivity index (χ4v) is 3.62. The molecular formula is C20H26N2O3S. The fourth-order valence-electron chi connectivity index (χ4n) is 2.82. The van der Waals surface area contributed by atoms with E-state index in [-0.39, 0.29) is 25.4 Å². The molecule has 0 aliphatic heterocycles. The van der Waals surface area contributed by atoms with Crippen LogP contribution in [0.5, 0.6) is 0 Å². The molecule has 0 unspecified atom stereocenters. The van der Waals surface area contributed by atoms with Crippen LogP contribution in [0.15, 0.2) is 42.5 Å². The average Bonchev–Trinajstić information content (AvgIpc) is 2.54. The van der Waals surface area contributed by atoms with Crippen LogP contribution in [-0.4, -0.2) is 31.4 Å². The van der Waals surface area contributed by atoms with E-state index in [0.29, 0.717) is 0 Å². The number of amides is 1. The van der Waals surface area contributed by atoms with Crippen LogP contribution >= 0.6 is 0 Å². The smallest absolute Gasteiger partial charge is 0.225 e. The molecule has 2 aromatic rings. The number of aryl methyl sites for hydroxylation is 3. The normalized spacial score (nSPS) is 11.6. The van der Waals surface area contributed by atoms with Gasteiger partial charge in [-0.25, -0.2) is 8.42 Å². The maximum atomic E-state index is 12.3. The number of para-hydroxylation sites is 1. The van der Waals surface area contributed by atoms with Crippen LogP contribution in [0.2, 0.25) is 0 Å². The second-order valence-electron chi connectivity index (χ2n) is 6.65. The van der Waals surface area contributed by atoms with Gasteiger partial charge in [0.25, 0.3) is 0 Å². The van der Waals surface area contributed by atoms with Gasteiger partial charge in [0.1, 0.15) is 0 Å². The third-order valence-electron chi connectivity index (χ3n) is 4.24. The maximum Gasteiger partial charge on any atom is 0.225 e. The molecule has 0 heterocycles. The quantitative estimate of drug-likeness (QED) is 0.808. The van der Waals surface area contributed by atoms with Gasteiger partial charge in [0.2, 0.25) is 15.9 Å². The van der Waals surface area contributed by atoms with Gasteiger partial charge in [-0.3, -0.25) is 4.79 Å². The van der Waals surface area contributed by atoms with Crippen molar-refractivity contribution < 1.29 is 13.2 Å². The van der Waals surface area contributed by atoms with E-state index in [1.54, 1.807) is 0 Å². The van der Waals surface area contributed by atoms with Crippen LogP contribution in [0.1, 0.15) is 28.7 Å². The summed E-state index contributed by atoms with van der Waals surface area (Å²) in [6.45, 7) is 6.24. The Hall–Kier alpha value is -2.18. The van der Waals surface area contributed by atoms with E-state index in [2.05, 4.69) is 5.32 Å². The van der Waals surface area contributed by atoms with E-state index in [1.165, 1.54) is 10.6 Å². The number of anilines is 1. The lowest BCUT2D eigenvalue weighted by atomic mass is 10.1. The number of carbonyl (C=O) groups is 1. The minimum absolute atomic E-state index is 0.104. The molecule has 6 heteroatoms. The summed E-state index contributed by atoms with van der Waals surface area (Å²) in [6.07, 6.45) is 1.28. The molecular weight excluding hydrogens is 348 g/mol. The summed E-state index contributed by atoms with van der Waals surface area (Å²) < 4.78 is 25.5. The van der Waals surface area contributed by atoms with Gasteiger partial charge in [-0.1, -0.05) is 48.0 Å². The summed E-state index contributed by atoms with van der Waals surface area (Å²) in [5.74, 6) is -0.194. The van der Waals surface area contributed by atoms with Crippen LogP contribution in [0.4, 0.5) is 5.69 Å². The Morgan fingerprint density at radius 1 is 1.04 bits per heavy atom. The predicted octanol–water partition coefficient (Wildman–Crippen LogP) is 3.40. The molecule has 0 radical (unpaired) electrons. The van der Waals surface area contributed by atoms with Crippen LogP contribution in [-0.2, 0) is 21.4 Å². The number of sulfonamides is 1. The molecule has 26 heavy (non-hydrogen) atoms. The number of nitrogens with zero attached hydrogens (tertiary/aromatic N) is 1. The zero-order valence-electron chi connectivity index (χ0n) is 15.7. The largest absolute Gasteiger partial charge is 0.326 e. The molecule has 5 nitrogen and oxygen atoms in total. The Labute approximate surface area is 156 Å². The first-order valence-corrected chi connectivity index (χ1v) is 10.4. The number of hydrogen-bond donors (Lipinski definition) is 1. The predicted molar refractivity (Wildman–Crippen MR) is 106 cm³/mol. The summed E-state index contributed by atoms with van der Waals surface area (Å²) in [5, 5.41) is 2.90. The maximum absolute atomic E-state index is 12.3. The van der Waals surface area contributed by atoms with Gasteiger partial charge < -0.3 is 5.32 Å². The second-order valence-corrected chi connectivity index (χ2v) is 8.63. The lowest BCUT2D eigenvalue weighted by Crippen LogP contribution is -2.32. The lowest BCUT2D eigenvalue weighted by molar-refractivity contribution is -0.116.